The van der Waals surface area contributed by atoms with Gasteiger partial charge in [0.2, 0.25) is 11.0 Å². The van der Waals surface area contributed by atoms with Gasteiger partial charge in [-0.3, -0.25) is 4.79 Å². The Hall–Kier alpha value is -1.31. The van der Waals surface area contributed by atoms with Crippen LogP contribution in [0.15, 0.2) is 28.6 Å². The van der Waals surface area contributed by atoms with Crippen LogP contribution in [0, 0.1) is 0 Å². The van der Waals surface area contributed by atoms with Gasteiger partial charge in [-0.15, -0.1) is 10.2 Å². The van der Waals surface area contributed by atoms with Gasteiger partial charge in [-0.1, -0.05) is 40.8 Å². The van der Waals surface area contributed by atoms with E-state index in [0.29, 0.717) is 22.9 Å². The third kappa shape index (κ3) is 5.53. The Morgan fingerprint density at radius 3 is 3.05 bits per heavy atom. The highest BCUT2D eigenvalue weighted by Crippen LogP contribution is 2.25. The zero-order valence-electron chi connectivity index (χ0n) is 11.4. The van der Waals surface area contributed by atoms with Crippen LogP contribution >= 0.6 is 34.7 Å². The fourth-order valence-corrected chi connectivity index (χ4v) is 3.53. The van der Waals surface area contributed by atoms with E-state index in [9.17, 15) is 4.79 Å². The number of nitrogens with zero attached hydrogens (tertiary/aromatic N) is 2. The molecule has 112 valence electrons. The number of amides is 1. The van der Waals surface area contributed by atoms with Crippen molar-refractivity contribution >= 4 is 51.4 Å². The van der Waals surface area contributed by atoms with Crippen molar-refractivity contribution in [2.45, 2.75) is 17.7 Å². The summed E-state index contributed by atoms with van der Waals surface area (Å²) in [6.45, 7) is 2.83. The molecule has 2 N–H and O–H groups in total. The van der Waals surface area contributed by atoms with Gasteiger partial charge in [-0.2, -0.15) is 0 Å². The Balaban J connectivity index is 1.73. The molecule has 0 saturated carbocycles. The number of aromatic nitrogens is 2. The summed E-state index contributed by atoms with van der Waals surface area (Å²) < 4.78 is 0.863. The molecule has 21 heavy (non-hydrogen) atoms. The largest absolute Gasteiger partial charge is 0.360 e. The van der Waals surface area contributed by atoms with Crippen molar-refractivity contribution in [1.29, 1.82) is 0 Å². The van der Waals surface area contributed by atoms with Crippen molar-refractivity contribution in [2.75, 3.05) is 22.9 Å². The maximum Gasteiger partial charge on any atom is 0.225 e. The lowest BCUT2D eigenvalue weighted by atomic mass is 10.3. The summed E-state index contributed by atoms with van der Waals surface area (Å²) >= 11 is 8.89. The topological polar surface area (TPSA) is 66.9 Å². The Labute approximate surface area is 136 Å². The summed E-state index contributed by atoms with van der Waals surface area (Å²) in [4.78, 5) is 11.8. The van der Waals surface area contributed by atoms with Gasteiger partial charge in [0.1, 0.15) is 0 Å². The molecular weight excluding hydrogens is 328 g/mol. The zero-order chi connectivity index (χ0) is 15.1. The van der Waals surface area contributed by atoms with Crippen LogP contribution in [0.3, 0.4) is 0 Å². The van der Waals surface area contributed by atoms with Crippen molar-refractivity contribution in [3.63, 3.8) is 0 Å². The Bertz CT molecular complexity index is 605. The van der Waals surface area contributed by atoms with Gasteiger partial charge in [0.15, 0.2) is 4.34 Å². The second-order valence-corrected chi connectivity index (χ2v) is 6.82. The molecule has 2 rings (SSSR count). The van der Waals surface area contributed by atoms with Crippen LogP contribution in [-0.2, 0) is 4.79 Å². The number of nitrogens with one attached hydrogen (secondary N) is 2. The van der Waals surface area contributed by atoms with Crippen LogP contribution in [0.1, 0.15) is 13.3 Å². The lowest BCUT2D eigenvalue weighted by Gasteiger charge is -2.04. The summed E-state index contributed by atoms with van der Waals surface area (Å²) in [5.74, 6) is 0.619. The highest BCUT2D eigenvalue weighted by molar-refractivity contribution is 8.01. The molecule has 1 heterocycles. The first-order valence-corrected chi connectivity index (χ1v) is 8.61. The second-order valence-electron chi connectivity index (χ2n) is 4.06. The molecular formula is C13H15ClN4OS2. The van der Waals surface area contributed by atoms with Crippen LogP contribution in [-0.4, -0.2) is 28.4 Å². The third-order valence-corrected chi connectivity index (χ3v) is 4.65. The van der Waals surface area contributed by atoms with Crippen LogP contribution in [0.4, 0.5) is 10.8 Å². The van der Waals surface area contributed by atoms with E-state index in [1.54, 1.807) is 18.2 Å². The molecule has 1 aromatic heterocycles. The average Bonchev–Trinajstić information content (AvgIpc) is 2.87. The number of hydrogen-bond donors (Lipinski definition) is 2. The smallest absolute Gasteiger partial charge is 0.225 e. The molecule has 0 saturated heterocycles. The molecule has 0 atom stereocenters. The molecule has 5 nitrogen and oxygen atoms in total. The van der Waals surface area contributed by atoms with Crippen molar-refractivity contribution < 1.29 is 4.79 Å². The predicted molar refractivity (Wildman–Crippen MR) is 89.5 cm³/mol. The average molecular weight is 343 g/mol. The number of carbonyl (C=O) groups excluding carboxylic acids is 1. The van der Waals surface area contributed by atoms with E-state index < -0.39 is 0 Å². The van der Waals surface area contributed by atoms with Crippen molar-refractivity contribution in [3.8, 4) is 0 Å². The first-order valence-electron chi connectivity index (χ1n) is 6.43. The molecule has 1 amide bonds. The van der Waals surface area contributed by atoms with E-state index in [2.05, 4.69) is 20.8 Å². The van der Waals surface area contributed by atoms with Gasteiger partial charge in [0, 0.05) is 29.4 Å². The third-order valence-electron chi connectivity index (χ3n) is 2.40. The standard InChI is InChI=1S/C13H15ClN4OS2/c1-2-15-12-17-18-13(21-12)20-7-6-11(19)16-10-5-3-4-9(14)8-10/h3-5,8H,2,6-7H2,1H3,(H,15,17)(H,16,19). The molecule has 2 aromatic rings. The summed E-state index contributed by atoms with van der Waals surface area (Å²) in [5.41, 5.74) is 0.711. The fraction of sp³-hybridized carbons (Fsp3) is 0.308. The summed E-state index contributed by atoms with van der Waals surface area (Å²) in [5, 5.41) is 15.4. The van der Waals surface area contributed by atoms with E-state index in [-0.39, 0.29) is 5.91 Å². The van der Waals surface area contributed by atoms with Gasteiger partial charge in [0.25, 0.3) is 0 Å². The second kappa shape index (κ2) is 8.21. The lowest BCUT2D eigenvalue weighted by molar-refractivity contribution is -0.115. The summed E-state index contributed by atoms with van der Waals surface area (Å²) in [6.07, 6.45) is 0.410. The van der Waals surface area contributed by atoms with Crippen molar-refractivity contribution in [2.24, 2.45) is 0 Å². The lowest BCUT2D eigenvalue weighted by Crippen LogP contribution is -2.11. The van der Waals surface area contributed by atoms with Gasteiger partial charge in [0.05, 0.1) is 0 Å². The first-order chi connectivity index (χ1) is 10.2. The van der Waals surface area contributed by atoms with Crippen LogP contribution in [0.2, 0.25) is 5.02 Å². The Kier molecular flexibility index (Phi) is 6.28. The minimum Gasteiger partial charge on any atom is -0.360 e. The molecule has 0 aliphatic carbocycles. The molecule has 8 heteroatoms. The highest BCUT2D eigenvalue weighted by atomic mass is 35.5. The first kappa shape index (κ1) is 16.1. The number of thioether (sulfide) groups is 1. The van der Waals surface area contributed by atoms with Crippen molar-refractivity contribution in [3.05, 3.63) is 29.3 Å². The summed E-state index contributed by atoms with van der Waals surface area (Å²) in [6, 6.07) is 7.10. The molecule has 0 radical (unpaired) electrons. The normalized spacial score (nSPS) is 10.4. The molecule has 0 bridgehead atoms. The van der Waals surface area contributed by atoms with E-state index in [4.69, 9.17) is 11.6 Å². The van der Waals surface area contributed by atoms with Gasteiger partial charge < -0.3 is 10.6 Å². The fourth-order valence-electron chi connectivity index (χ4n) is 1.51. The molecule has 0 spiro atoms. The Morgan fingerprint density at radius 1 is 1.43 bits per heavy atom. The highest BCUT2D eigenvalue weighted by Gasteiger charge is 2.07. The summed E-state index contributed by atoms with van der Waals surface area (Å²) in [7, 11) is 0. The molecule has 1 aromatic carbocycles. The van der Waals surface area contributed by atoms with Crippen LogP contribution < -0.4 is 10.6 Å². The minimum atomic E-state index is -0.0406. The van der Waals surface area contributed by atoms with E-state index >= 15 is 0 Å². The van der Waals surface area contributed by atoms with Crippen molar-refractivity contribution in [1.82, 2.24) is 10.2 Å². The van der Waals surface area contributed by atoms with Gasteiger partial charge in [-0.05, 0) is 25.1 Å². The number of carbonyl (C=O) groups is 1. The molecule has 0 fully saturated rings. The number of benzene rings is 1. The molecule has 0 aliphatic heterocycles. The van der Waals surface area contributed by atoms with Crippen LogP contribution in [0.25, 0.3) is 0 Å². The number of halogens is 1. The van der Waals surface area contributed by atoms with E-state index in [1.165, 1.54) is 23.1 Å². The van der Waals surface area contributed by atoms with Gasteiger partial charge in [-0.25, -0.2) is 0 Å². The predicted octanol–water partition coefficient (Wildman–Crippen LogP) is 3.74. The minimum absolute atomic E-state index is 0.0406. The number of rotatable bonds is 7. The quantitative estimate of drug-likeness (QED) is 0.750. The Morgan fingerprint density at radius 2 is 2.29 bits per heavy atom. The number of anilines is 2. The van der Waals surface area contributed by atoms with E-state index in [1.807, 2.05) is 13.0 Å². The molecule has 0 aliphatic rings. The SMILES string of the molecule is CCNc1nnc(SCCC(=O)Nc2cccc(Cl)c2)s1. The maximum atomic E-state index is 11.8. The zero-order valence-corrected chi connectivity index (χ0v) is 13.8. The van der Waals surface area contributed by atoms with Crippen LogP contribution in [0.5, 0.6) is 0 Å². The maximum absolute atomic E-state index is 11.8. The monoisotopic (exact) mass is 342 g/mol. The molecule has 0 unspecified atom stereocenters. The van der Waals surface area contributed by atoms with E-state index in [0.717, 1.165) is 16.0 Å². The number of hydrogen-bond acceptors (Lipinski definition) is 6. The van der Waals surface area contributed by atoms with Gasteiger partial charge >= 0.3 is 0 Å².